The van der Waals surface area contributed by atoms with Crippen LogP contribution in [0.25, 0.3) is 5.69 Å². The summed E-state index contributed by atoms with van der Waals surface area (Å²) < 4.78 is 46.6. The number of hydrogen-bond acceptors (Lipinski definition) is 5. The van der Waals surface area contributed by atoms with Crippen molar-refractivity contribution in [3.8, 4) is 11.4 Å². The molecule has 0 aliphatic heterocycles. The molecule has 0 fully saturated rings. The summed E-state index contributed by atoms with van der Waals surface area (Å²) in [6.07, 6.45) is -4.47. The molecule has 0 aliphatic carbocycles. The van der Waals surface area contributed by atoms with Gasteiger partial charge in [-0.1, -0.05) is 36.0 Å². The molecule has 1 aromatic heterocycles. The second kappa shape index (κ2) is 9.66. The van der Waals surface area contributed by atoms with Gasteiger partial charge in [-0.05, 0) is 30.3 Å². The lowest BCUT2D eigenvalue weighted by atomic mass is 10.2. The molecular weight excluding hydrogens is 417 g/mol. The molecule has 158 valence electrons. The number of nitrogens with zero attached hydrogens (tertiary/aromatic N) is 3. The molecule has 3 rings (SSSR count). The molecule has 1 heterocycles. The first-order valence-electron chi connectivity index (χ1n) is 9.01. The van der Waals surface area contributed by atoms with Crippen molar-refractivity contribution in [2.45, 2.75) is 24.8 Å². The number of rotatable bonds is 8. The highest BCUT2D eigenvalue weighted by atomic mass is 32.2. The normalized spacial score (nSPS) is 11.3. The number of carbonyl (C=O) groups is 1. The molecule has 1 amide bonds. The highest BCUT2D eigenvalue weighted by Gasteiger charge is 2.31. The minimum Gasteiger partial charge on any atom is -0.493 e. The molecule has 0 bridgehead atoms. The fourth-order valence-electron chi connectivity index (χ4n) is 2.60. The number of thioether (sulfide) groups is 1. The first-order chi connectivity index (χ1) is 14.3. The van der Waals surface area contributed by atoms with Crippen molar-refractivity contribution in [1.29, 1.82) is 0 Å². The van der Waals surface area contributed by atoms with E-state index >= 15 is 0 Å². The Hall–Kier alpha value is -3.01. The summed E-state index contributed by atoms with van der Waals surface area (Å²) in [5.74, 6) is 1.28. The molecule has 0 atom stereocenters. The number of carbonyl (C=O) groups excluding carboxylic acids is 1. The highest BCUT2D eigenvalue weighted by molar-refractivity contribution is 7.99. The van der Waals surface area contributed by atoms with Gasteiger partial charge in [0.1, 0.15) is 5.75 Å². The lowest BCUT2D eigenvalue weighted by Crippen LogP contribution is -2.21. The monoisotopic (exact) mass is 436 g/mol. The van der Waals surface area contributed by atoms with Crippen LogP contribution in [-0.4, -0.2) is 33.0 Å². The fourth-order valence-corrected chi connectivity index (χ4v) is 3.39. The molecule has 0 unspecified atom stereocenters. The third kappa shape index (κ3) is 5.76. The minimum atomic E-state index is -4.47. The quantitative estimate of drug-likeness (QED) is 0.426. The van der Waals surface area contributed by atoms with E-state index in [9.17, 15) is 18.0 Å². The summed E-state index contributed by atoms with van der Waals surface area (Å²) in [4.78, 5) is 11.3. The van der Waals surface area contributed by atoms with Crippen LogP contribution in [0.5, 0.6) is 5.75 Å². The molecule has 0 saturated carbocycles. The number of amides is 1. The topological polar surface area (TPSA) is 69.0 Å². The van der Waals surface area contributed by atoms with E-state index in [-0.39, 0.29) is 18.1 Å². The van der Waals surface area contributed by atoms with Crippen molar-refractivity contribution in [3.05, 3.63) is 66.0 Å². The van der Waals surface area contributed by atoms with Gasteiger partial charge in [0.05, 0.1) is 24.4 Å². The second-order valence-electron chi connectivity index (χ2n) is 6.20. The molecule has 0 spiro atoms. The lowest BCUT2D eigenvalue weighted by Gasteiger charge is -2.13. The molecular formula is C20H19F3N4O2S. The average Bonchev–Trinajstić information content (AvgIpc) is 3.13. The van der Waals surface area contributed by atoms with Gasteiger partial charge in [0, 0.05) is 12.7 Å². The zero-order chi connectivity index (χ0) is 21.6. The molecule has 6 nitrogen and oxygen atoms in total. The summed E-state index contributed by atoms with van der Waals surface area (Å²) in [5.41, 5.74) is -0.510. The van der Waals surface area contributed by atoms with Crippen LogP contribution in [0.15, 0.2) is 59.8 Å². The number of aromatic nitrogens is 3. The van der Waals surface area contributed by atoms with Gasteiger partial charge in [-0.15, -0.1) is 10.2 Å². The number of nitrogens with one attached hydrogen (secondary N) is 1. The van der Waals surface area contributed by atoms with Gasteiger partial charge in [0.25, 0.3) is 0 Å². The van der Waals surface area contributed by atoms with Gasteiger partial charge < -0.3 is 10.1 Å². The Morgan fingerprint density at radius 3 is 2.60 bits per heavy atom. The predicted octanol–water partition coefficient (Wildman–Crippen LogP) is 4.09. The lowest BCUT2D eigenvalue weighted by molar-refractivity contribution is -0.137. The standard InChI is InChI=1S/C20H19F3N4O2S/c1-14(28)24-13-18-25-26-19(30-11-10-29-17-8-3-2-4-9-17)27(18)16-7-5-6-15(12-16)20(21,22)23/h2-9,12H,10-11,13H2,1H3,(H,24,28). The van der Waals surface area contributed by atoms with E-state index in [1.165, 1.54) is 29.3 Å². The fraction of sp³-hybridized carbons (Fsp3) is 0.250. The van der Waals surface area contributed by atoms with Gasteiger partial charge >= 0.3 is 6.18 Å². The summed E-state index contributed by atoms with van der Waals surface area (Å²) in [6.45, 7) is 1.77. The molecule has 0 saturated heterocycles. The van der Waals surface area contributed by atoms with Crippen LogP contribution in [0.3, 0.4) is 0 Å². The Morgan fingerprint density at radius 1 is 1.13 bits per heavy atom. The zero-order valence-electron chi connectivity index (χ0n) is 16.0. The highest BCUT2D eigenvalue weighted by Crippen LogP contribution is 2.31. The van der Waals surface area contributed by atoms with Gasteiger partial charge in [0.2, 0.25) is 5.91 Å². The van der Waals surface area contributed by atoms with Crippen LogP contribution >= 0.6 is 11.8 Å². The molecule has 10 heteroatoms. The molecule has 1 N–H and O–H groups in total. The van der Waals surface area contributed by atoms with E-state index in [2.05, 4.69) is 15.5 Å². The van der Waals surface area contributed by atoms with Crippen molar-refractivity contribution in [1.82, 2.24) is 20.1 Å². The van der Waals surface area contributed by atoms with Crippen LogP contribution in [0.2, 0.25) is 0 Å². The summed E-state index contributed by atoms with van der Waals surface area (Å²) in [6, 6.07) is 14.2. The van der Waals surface area contributed by atoms with Crippen molar-refractivity contribution in [2.75, 3.05) is 12.4 Å². The number of para-hydroxylation sites is 1. The van der Waals surface area contributed by atoms with Gasteiger partial charge in [-0.2, -0.15) is 13.2 Å². The summed E-state index contributed by atoms with van der Waals surface area (Å²) in [5, 5.41) is 11.2. The summed E-state index contributed by atoms with van der Waals surface area (Å²) >= 11 is 1.30. The number of benzene rings is 2. The van der Waals surface area contributed by atoms with Gasteiger partial charge in [-0.25, -0.2) is 0 Å². The van der Waals surface area contributed by atoms with Crippen molar-refractivity contribution in [3.63, 3.8) is 0 Å². The molecule has 3 aromatic rings. The maximum Gasteiger partial charge on any atom is 0.416 e. The Bertz CT molecular complexity index is 993. The number of alkyl halides is 3. The Labute approximate surface area is 175 Å². The van der Waals surface area contributed by atoms with Crippen LogP contribution in [-0.2, 0) is 17.5 Å². The van der Waals surface area contributed by atoms with E-state index < -0.39 is 11.7 Å². The Kier molecular flexibility index (Phi) is 6.99. The third-order valence-corrected chi connectivity index (χ3v) is 4.85. The summed E-state index contributed by atoms with van der Waals surface area (Å²) in [7, 11) is 0. The third-order valence-electron chi connectivity index (χ3n) is 3.95. The molecule has 0 radical (unpaired) electrons. The molecule has 2 aromatic carbocycles. The van der Waals surface area contributed by atoms with Gasteiger partial charge in [0.15, 0.2) is 11.0 Å². The average molecular weight is 436 g/mol. The van der Waals surface area contributed by atoms with Crippen LogP contribution in [0.1, 0.15) is 18.3 Å². The van der Waals surface area contributed by atoms with Crippen LogP contribution < -0.4 is 10.1 Å². The van der Waals surface area contributed by atoms with E-state index in [0.717, 1.165) is 17.9 Å². The second-order valence-corrected chi connectivity index (χ2v) is 7.26. The van der Waals surface area contributed by atoms with E-state index in [1.54, 1.807) is 6.07 Å². The van der Waals surface area contributed by atoms with Crippen molar-refractivity contribution < 1.29 is 22.7 Å². The molecule has 0 aliphatic rings. The number of ether oxygens (including phenoxy) is 1. The van der Waals surface area contributed by atoms with E-state index in [0.29, 0.717) is 23.3 Å². The number of halogens is 3. The minimum absolute atomic E-state index is 0.0413. The van der Waals surface area contributed by atoms with Crippen molar-refractivity contribution in [2.24, 2.45) is 0 Å². The van der Waals surface area contributed by atoms with Gasteiger partial charge in [-0.3, -0.25) is 9.36 Å². The van der Waals surface area contributed by atoms with E-state index in [4.69, 9.17) is 4.74 Å². The van der Waals surface area contributed by atoms with Crippen molar-refractivity contribution >= 4 is 17.7 Å². The SMILES string of the molecule is CC(=O)NCc1nnc(SCCOc2ccccc2)n1-c1cccc(C(F)(F)F)c1. The van der Waals surface area contributed by atoms with E-state index in [1.807, 2.05) is 30.3 Å². The predicted molar refractivity (Wildman–Crippen MR) is 107 cm³/mol. The maximum atomic E-state index is 13.2. The maximum absolute atomic E-state index is 13.2. The van der Waals surface area contributed by atoms with Crippen LogP contribution in [0.4, 0.5) is 13.2 Å². The Balaban J connectivity index is 1.80. The first-order valence-corrected chi connectivity index (χ1v) is 10.00. The zero-order valence-corrected chi connectivity index (χ0v) is 16.8. The van der Waals surface area contributed by atoms with Crippen LogP contribution in [0, 0.1) is 0 Å². The largest absolute Gasteiger partial charge is 0.493 e. The Morgan fingerprint density at radius 2 is 1.90 bits per heavy atom. The molecule has 30 heavy (non-hydrogen) atoms. The number of hydrogen-bond donors (Lipinski definition) is 1. The smallest absolute Gasteiger partial charge is 0.416 e. The first kappa shape index (κ1) is 21.7.